The maximum absolute atomic E-state index is 11.0. The third kappa shape index (κ3) is 2.66. The third-order valence-corrected chi connectivity index (χ3v) is 5.35. The molecule has 24 heavy (non-hydrogen) atoms. The maximum Gasteiger partial charge on any atom is 0.270 e. The molecule has 0 aromatic heterocycles. The van der Waals surface area contributed by atoms with Gasteiger partial charge in [0.15, 0.2) is 0 Å². The second-order valence-corrected chi connectivity index (χ2v) is 7.99. The van der Waals surface area contributed by atoms with E-state index in [2.05, 4.69) is 39.8 Å². The zero-order valence-corrected chi connectivity index (χ0v) is 14.6. The Kier molecular flexibility index (Phi) is 3.67. The predicted octanol–water partition coefficient (Wildman–Crippen LogP) is 5.32. The Bertz CT molecular complexity index is 822. The van der Waals surface area contributed by atoms with Crippen molar-refractivity contribution in [1.82, 2.24) is 0 Å². The Morgan fingerprint density at radius 2 is 1.58 bits per heavy atom. The van der Waals surface area contributed by atoms with Crippen LogP contribution in [-0.4, -0.2) is 10.0 Å². The van der Waals surface area contributed by atoms with E-state index in [-0.39, 0.29) is 22.3 Å². The molecule has 0 fully saturated rings. The van der Waals surface area contributed by atoms with Crippen LogP contribution in [0.3, 0.4) is 0 Å². The van der Waals surface area contributed by atoms with Gasteiger partial charge in [-0.25, -0.2) is 0 Å². The van der Waals surface area contributed by atoms with E-state index < -0.39 is 4.92 Å². The van der Waals surface area contributed by atoms with Gasteiger partial charge in [-0.15, -0.1) is 0 Å². The van der Waals surface area contributed by atoms with Crippen molar-refractivity contribution in [1.29, 1.82) is 0 Å². The molecule has 0 spiro atoms. The van der Waals surface area contributed by atoms with Gasteiger partial charge in [0.25, 0.3) is 5.69 Å². The van der Waals surface area contributed by atoms with Gasteiger partial charge in [0.05, 0.1) is 4.92 Å². The first-order chi connectivity index (χ1) is 11.1. The smallest absolute Gasteiger partial charge is 0.270 e. The van der Waals surface area contributed by atoms with E-state index >= 15 is 0 Å². The molecule has 3 rings (SSSR count). The average Bonchev–Trinajstić information content (AvgIpc) is 2.52. The van der Waals surface area contributed by atoms with Gasteiger partial charge in [-0.05, 0) is 46.4 Å². The minimum atomic E-state index is -0.436. The largest absolute Gasteiger partial charge is 0.507 e. The van der Waals surface area contributed by atoms with Crippen molar-refractivity contribution in [2.45, 2.75) is 51.4 Å². The molecule has 2 aromatic rings. The van der Waals surface area contributed by atoms with Crippen LogP contribution in [0.15, 0.2) is 36.4 Å². The van der Waals surface area contributed by atoms with E-state index in [9.17, 15) is 15.2 Å². The van der Waals surface area contributed by atoms with Crippen LogP contribution in [0.4, 0.5) is 5.69 Å². The summed E-state index contributed by atoms with van der Waals surface area (Å²) in [4.78, 5) is 10.6. The third-order valence-electron chi connectivity index (χ3n) is 5.35. The summed E-state index contributed by atoms with van der Waals surface area (Å²) in [5, 5.41) is 21.2. The van der Waals surface area contributed by atoms with Crippen LogP contribution in [0.5, 0.6) is 5.75 Å². The quantitative estimate of drug-likeness (QED) is 0.600. The number of aromatic hydroxyl groups is 1. The summed E-state index contributed by atoms with van der Waals surface area (Å²) >= 11 is 0. The summed E-state index contributed by atoms with van der Waals surface area (Å²) in [5.74, 6) is 0.0634. The van der Waals surface area contributed by atoms with Gasteiger partial charge in [0.2, 0.25) is 0 Å². The fraction of sp³-hybridized carbons (Fsp3) is 0.400. The zero-order chi connectivity index (χ0) is 17.7. The van der Waals surface area contributed by atoms with Gasteiger partial charge in [-0.2, -0.15) is 0 Å². The highest BCUT2D eigenvalue weighted by Crippen LogP contribution is 2.47. The number of phenols is 1. The standard InChI is InChI=1S/C20H23NO3/c1-19(2)9-10-20(3,4)17-11-13(5-7-16(17)19)15-12-14(21(23)24)6-8-18(15)22/h5-8,11-12,22H,9-10H2,1-4H3. The molecule has 0 aliphatic heterocycles. The monoisotopic (exact) mass is 325 g/mol. The highest BCUT2D eigenvalue weighted by Gasteiger charge is 2.37. The first-order valence-corrected chi connectivity index (χ1v) is 8.25. The van der Waals surface area contributed by atoms with Crippen molar-refractivity contribution in [3.63, 3.8) is 0 Å². The van der Waals surface area contributed by atoms with Gasteiger partial charge < -0.3 is 5.11 Å². The van der Waals surface area contributed by atoms with Crippen molar-refractivity contribution in [2.75, 3.05) is 0 Å². The Hall–Kier alpha value is -2.36. The van der Waals surface area contributed by atoms with Gasteiger partial charge in [-0.1, -0.05) is 45.9 Å². The number of non-ortho nitro benzene ring substituents is 1. The minimum absolute atomic E-state index is 0.0138. The Morgan fingerprint density at radius 1 is 0.958 bits per heavy atom. The zero-order valence-electron chi connectivity index (χ0n) is 14.6. The molecule has 0 unspecified atom stereocenters. The van der Waals surface area contributed by atoms with Crippen molar-refractivity contribution in [3.8, 4) is 16.9 Å². The van der Waals surface area contributed by atoms with E-state index in [4.69, 9.17) is 0 Å². The molecular weight excluding hydrogens is 302 g/mol. The molecule has 126 valence electrons. The topological polar surface area (TPSA) is 63.4 Å². The number of benzene rings is 2. The molecule has 0 bridgehead atoms. The van der Waals surface area contributed by atoms with Crippen LogP contribution < -0.4 is 0 Å². The molecule has 4 nitrogen and oxygen atoms in total. The Labute approximate surface area is 142 Å². The fourth-order valence-corrected chi connectivity index (χ4v) is 3.63. The number of hydrogen-bond acceptors (Lipinski definition) is 3. The lowest BCUT2D eigenvalue weighted by Gasteiger charge is -2.42. The number of nitro groups is 1. The normalized spacial score (nSPS) is 18.0. The molecule has 0 amide bonds. The highest BCUT2D eigenvalue weighted by molar-refractivity contribution is 5.74. The molecular formula is C20H23NO3. The number of hydrogen-bond donors (Lipinski definition) is 1. The molecule has 0 saturated carbocycles. The van der Waals surface area contributed by atoms with E-state index in [0.29, 0.717) is 5.56 Å². The summed E-state index contributed by atoms with van der Waals surface area (Å²) in [6, 6.07) is 10.3. The number of rotatable bonds is 2. The fourth-order valence-electron chi connectivity index (χ4n) is 3.63. The second-order valence-electron chi connectivity index (χ2n) is 7.99. The number of phenolic OH excluding ortho intramolecular Hbond substituents is 1. The number of nitrogens with zero attached hydrogens (tertiary/aromatic N) is 1. The summed E-state index contributed by atoms with van der Waals surface area (Å²) in [5.41, 5.74) is 4.08. The maximum atomic E-state index is 11.0. The summed E-state index contributed by atoms with van der Waals surface area (Å²) in [7, 11) is 0. The molecule has 1 aliphatic rings. The van der Waals surface area contributed by atoms with Crippen LogP contribution in [0.2, 0.25) is 0 Å². The second kappa shape index (κ2) is 5.33. The lowest BCUT2D eigenvalue weighted by Crippen LogP contribution is -2.33. The van der Waals surface area contributed by atoms with Crippen molar-refractivity contribution in [3.05, 3.63) is 57.6 Å². The van der Waals surface area contributed by atoms with Gasteiger partial charge >= 0.3 is 0 Å². The highest BCUT2D eigenvalue weighted by atomic mass is 16.6. The summed E-state index contributed by atoms with van der Waals surface area (Å²) in [6.45, 7) is 8.98. The predicted molar refractivity (Wildman–Crippen MR) is 95.5 cm³/mol. The van der Waals surface area contributed by atoms with E-state index in [1.54, 1.807) is 0 Å². The van der Waals surface area contributed by atoms with Crippen molar-refractivity contribution < 1.29 is 10.0 Å². The van der Waals surface area contributed by atoms with Crippen molar-refractivity contribution in [2.24, 2.45) is 0 Å². The van der Waals surface area contributed by atoms with E-state index in [1.165, 1.54) is 29.3 Å². The summed E-state index contributed by atoms with van der Waals surface area (Å²) < 4.78 is 0. The van der Waals surface area contributed by atoms with Crippen molar-refractivity contribution >= 4 is 5.69 Å². The Morgan fingerprint density at radius 3 is 2.21 bits per heavy atom. The van der Waals surface area contributed by atoms with Crippen LogP contribution in [0.1, 0.15) is 51.7 Å². The number of fused-ring (bicyclic) bond motifs is 1. The van der Waals surface area contributed by atoms with Gasteiger partial charge in [0.1, 0.15) is 5.75 Å². The molecule has 1 N–H and O–H groups in total. The first-order valence-electron chi connectivity index (χ1n) is 8.25. The van der Waals surface area contributed by atoms with Crippen LogP contribution in [-0.2, 0) is 10.8 Å². The molecule has 0 radical (unpaired) electrons. The molecule has 0 heterocycles. The average molecular weight is 325 g/mol. The minimum Gasteiger partial charge on any atom is -0.507 e. The van der Waals surface area contributed by atoms with Crippen LogP contribution in [0, 0.1) is 10.1 Å². The first kappa shape index (κ1) is 16.5. The lowest BCUT2D eigenvalue weighted by molar-refractivity contribution is -0.384. The van der Waals surface area contributed by atoms with Gasteiger partial charge in [-0.3, -0.25) is 10.1 Å². The van der Waals surface area contributed by atoms with Crippen LogP contribution >= 0.6 is 0 Å². The SMILES string of the molecule is CC1(C)CCC(C)(C)c2cc(-c3cc([N+](=O)[O-])ccc3O)ccc21. The summed E-state index contributed by atoms with van der Waals surface area (Å²) in [6.07, 6.45) is 2.23. The van der Waals surface area contributed by atoms with E-state index in [0.717, 1.165) is 18.4 Å². The van der Waals surface area contributed by atoms with E-state index in [1.807, 2.05) is 6.07 Å². The molecule has 0 saturated heterocycles. The lowest BCUT2D eigenvalue weighted by atomic mass is 9.63. The van der Waals surface area contributed by atoms with Crippen LogP contribution in [0.25, 0.3) is 11.1 Å². The Balaban J connectivity index is 2.19. The number of nitro benzene ring substituents is 1. The van der Waals surface area contributed by atoms with Gasteiger partial charge in [0, 0.05) is 17.7 Å². The molecule has 1 aliphatic carbocycles. The molecule has 4 heteroatoms. The molecule has 0 atom stereocenters. The molecule has 2 aromatic carbocycles.